The predicted octanol–water partition coefficient (Wildman–Crippen LogP) is 5.16. The highest BCUT2D eigenvalue weighted by Crippen LogP contribution is 2.24. The molecule has 1 atom stereocenters. The molecule has 1 heterocycles. The maximum atomic E-state index is 12.9. The van der Waals surface area contributed by atoms with Crippen molar-refractivity contribution in [2.24, 2.45) is 0 Å². The van der Waals surface area contributed by atoms with E-state index >= 15 is 0 Å². The van der Waals surface area contributed by atoms with E-state index < -0.39 is 0 Å². The van der Waals surface area contributed by atoms with Gasteiger partial charge in [-0.05, 0) is 24.5 Å². The molecule has 1 N–H and O–H groups in total. The number of nitrogens with one attached hydrogen (secondary N) is 1. The lowest BCUT2D eigenvalue weighted by Gasteiger charge is -2.19. The predicted molar refractivity (Wildman–Crippen MR) is 129 cm³/mol. The zero-order chi connectivity index (χ0) is 22.2. The second kappa shape index (κ2) is 10.8. The van der Waals surface area contributed by atoms with Gasteiger partial charge in [-0.25, -0.2) is 0 Å². The summed E-state index contributed by atoms with van der Waals surface area (Å²) in [5.74, 6) is 1.08. The van der Waals surface area contributed by atoms with E-state index in [0.717, 1.165) is 35.1 Å². The van der Waals surface area contributed by atoms with E-state index in [1.165, 1.54) is 17.3 Å². The SMILES string of the molecule is CCn1c(SCC(=O)NC(Cc2ccccc2)c2ccccc2)nnc1-c1ccccc1. The molecule has 0 radical (unpaired) electrons. The molecule has 0 saturated heterocycles. The summed E-state index contributed by atoms with van der Waals surface area (Å²) in [4.78, 5) is 12.9. The van der Waals surface area contributed by atoms with Crippen molar-refractivity contribution in [3.8, 4) is 11.4 Å². The second-order valence-corrected chi connectivity index (χ2v) is 8.37. The molecule has 1 unspecified atom stereocenters. The van der Waals surface area contributed by atoms with E-state index in [0.29, 0.717) is 0 Å². The topological polar surface area (TPSA) is 59.8 Å². The van der Waals surface area contributed by atoms with Gasteiger partial charge in [-0.15, -0.1) is 10.2 Å². The minimum absolute atomic E-state index is 0.0216. The van der Waals surface area contributed by atoms with Crippen LogP contribution in [-0.4, -0.2) is 26.4 Å². The summed E-state index contributed by atoms with van der Waals surface area (Å²) in [6.07, 6.45) is 0.741. The van der Waals surface area contributed by atoms with Crippen molar-refractivity contribution in [1.82, 2.24) is 20.1 Å². The number of carbonyl (C=O) groups excluding carboxylic acids is 1. The molecule has 0 saturated carbocycles. The fraction of sp³-hybridized carbons (Fsp3) is 0.192. The number of thioether (sulfide) groups is 1. The Labute approximate surface area is 192 Å². The minimum Gasteiger partial charge on any atom is -0.348 e. The standard InChI is InChI=1S/C26H26N4OS/c1-2-30-25(22-16-10-5-11-17-22)28-29-26(30)32-19-24(31)27-23(21-14-8-4-9-15-21)18-20-12-6-3-7-13-20/h3-17,23H,2,18-19H2,1H3,(H,27,31). The molecule has 0 aliphatic carbocycles. The Bertz CT molecular complexity index is 1130. The first kappa shape index (κ1) is 21.8. The number of amides is 1. The van der Waals surface area contributed by atoms with E-state index in [1.807, 2.05) is 71.3 Å². The maximum absolute atomic E-state index is 12.9. The summed E-state index contributed by atoms with van der Waals surface area (Å²) >= 11 is 1.42. The van der Waals surface area contributed by atoms with E-state index in [1.54, 1.807) is 0 Å². The Morgan fingerprint density at radius 1 is 0.906 bits per heavy atom. The molecule has 0 bridgehead atoms. The smallest absolute Gasteiger partial charge is 0.230 e. The van der Waals surface area contributed by atoms with Crippen LogP contribution in [0.3, 0.4) is 0 Å². The summed E-state index contributed by atoms with van der Waals surface area (Å²) in [6, 6.07) is 30.2. The molecule has 0 spiro atoms. The number of carbonyl (C=O) groups is 1. The second-order valence-electron chi connectivity index (χ2n) is 7.43. The molecule has 5 nitrogen and oxygen atoms in total. The van der Waals surface area contributed by atoms with E-state index in [9.17, 15) is 4.79 Å². The molecule has 32 heavy (non-hydrogen) atoms. The van der Waals surface area contributed by atoms with Gasteiger partial charge < -0.3 is 9.88 Å². The molecule has 162 valence electrons. The van der Waals surface area contributed by atoms with Gasteiger partial charge in [0.15, 0.2) is 11.0 Å². The van der Waals surface area contributed by atoms with Crippen molar-refractivity contribution in [2.45, 2.75) is 31.1 Å². The molecule has 1 aromatic heterocycles. The van der Waals surface area contributed by atoms with Crippen LogP contribution < -0.4 is 5.32 Å². The van der Waals surface area contributed by atoms with Gasteiger partial charge in [-0.2, -0.15) is 0 Å². The molecular formula is C26H26N4OS. The van der Waals surface area contributed by atoms with Crippen LogP contribution in [0.1, 0.15) is 24.1 Å². The van der Waals surface area contributed by atoms with Gasteiger partial charge in [0.1, 0.15) is 0 Å². The average molecular weight is 443 g/mol. The van der Waals surface area contributed by atoms with Crippen molar-refractivity contribution in [1.29, 1.82) is 0 Å². The first-order chi connectivity index (χ1) is 15.7. The number of rotatable bonds is 9. The monoisotopic (exact) mass is 442 g/mol. The fourth-order valence-electron chi connectivity index (χ4n) is 3.63. The molecule has 1 amide bonds. The Kier molecular flexibility index (Phi) is 7.35. The third kappa shape index (κ3) is 5.45. The normalized spacial score (nSPS) is 11.8. The number of aromatic nitrogens is 3. The van der Waals surface area contributed by atoms with Gasteiger partial charge in [0.05, 0.1) is 11.8 Å². The number of benzene rings is 3. The zero-order valence-corrected chi connectivity index (χ0v) is 18.8. The molecule has 0 aliphatic heterocycles. The molecular weight excluding hydrogens is 416 g/mol. The lowest BCUT2D eigenvalue weighted by Crippen LogP contribution is -2.31. The van der Waals surface area contributed by atoms with Gasteiger partial charge in [0.2, 0.25) is 5.91 Å². The Morgan fingerprint density at radius 2 is 1.53 bits per heavy atom. The minimum atomic E-state index is -0.0874. The lowest BCUT2D eigenvalue weighted by atomic mass is 9.99. The molecule has 4 rings (SSSR count). The highest BCUT2D eigenvalue weighted by molar-refractivity contribution is 7.99. The average Bonchev–Trinajstić information content (AvgIpc) is 3.27. The largest absolute Gasteiger partial charge is 0.348 e. The first-order valence-corrected chi connectivity index (χ1v) is 11.7. The molecule has 3 aromatic carbocycles. The van der Waals surface area contributed by atoms with Gasteiger partial charge in [0.25, 0.3) is 0 Å². The number of hydrogen-bond donors (Lipinski definition) is 1. The first-order valence-electron chi connectivity index (χ1n) is 10.7. The molecule has 0 fully saturated rings. The summed E-state index contributed by atoms with van der Waals surface area (Å²) in [5.41, 5.74) is 3.30. The van der Waals surface area contributed by atoms with Crippen molar-refractivity contribution in [3.05, 3.63) is 102 Å². The third-order valence-electron chi connectivity index (χ3n) is 5.22. The summed E-state index contributed by atoms with van der Waals surface area (Å²) < 4.78 is 2.05. The van der Waals surface area contributed by atoms with E-state index in [4.69, 9.17) is 0 Å². The summed E-state index contributed by atoms with van der Waals surface area (Å²) in [5, 5.41) is 12.7. The Morgan fingerprint density at radius 3 is 2.19 bits per heavy atom. The van der Waals surface area contributed by atoms with Crippen LogP contribution in [0.2, 0.25) is 0 Å². The number of hydrogen-bond acceptors (Lipinski definition) is 4. The summed E-state index contributed by atoms with van der Waals surface area (Å²) in [7, 11) is 0. The van der Waals surface area contributed by atoms with Gasteiger partial charge >= 0.3 is 0 Å². The maximum Gasteiger partial charge on any atom is 0.230 e. The fourth-order valence-corrected chi connectivity index (χ4v) is 4.45. The van der Waals surface area contributed by atoms with Crippen molar-refractivity contribution in [3.63, 3.8) is 0 Å². The van der Waals surface area contributed by atoms with Gasteiger partial charge in [-0.1, -0.05) is 103 Å². The molecule has 4 aromatic rings. The highest BCUT2D eigenvalue weighted by Gasteiger charge is 2.18. The van der Waals surface area contributed by atoms with Crippen LogP contribution in [-0.2, 0) is 17.8 Å². The van der Waals surface area contributed by atoms with Crippen LogP contribution >= 0.6 is 11.8 Å². The van der Waals surface area contributed by atoms with E-state index in [2.05, 4.69) is 46.7 Å². The van der Waals surface area contributed by atoms with Crippen LogP contribution in [0, 0.1) is 0 Å². The number of nitrogens with zero attached hydrogens (tertiary/aromatic N) is 3. The van der Waals surface area contributed by atoms with Crippen LogP contribution in [0.25, 0.3) is 11.4 Å². The van der Waals surface area contributed by atoms with Crippen LogP contribution in [0.15, 0.2) is 96.2 Å². The van der Waals surface area contributed by atoms with Crippen molar-refractivity contribution >= 4 is 17.7 Å². The van der Waals surface area contributed by atoms with Crippen molar-refractivity contribution in [2.75, 3.05) is 5.75 Å². The van der Waals surface area contributed by atoms with Crippen molar-refractivity contribution < 1.29 is 4.79 Å². The summed E-state index contributed by atoms with van der Waals surface area (Å²) in [6.45, 7) is 2.80. The Balaban J connectivity index is 1.44. The van der Waals surface area contributed by atoms with Gasteiger partial charge in [-0.3, -0.25) is 4.79 Å². The van der Waals surface area contributed by atoms with Crippen LogP contribution in [0.4, 0.5) is 0 Å². The third-order valence-corrected chi connectivity index (χ3v) is 6.18. The molecule has 6 heteroatoms. The Hall–Kier alpha value is -3.38. The van der Waals surface area contributed by atoms with Gasteiger partial charge in [0, 0.05) is 12.1 Å². The highest BCUT2D eigenvalue weighted by atomic mass is 32.2. The molecule has 0 aliphatic rings. The lowest BCUT2D eigenvalue weighted by molar-refractivity contribution is -0.119. The zero-order valence-electron chi connectivity index (χ0n) is 18.0. The quantitative estimate of drug-likeness (QED) is 0.364. The van der Waals surface area contributed by atoms with Crippen LogP contribution in [0.5, 0.6) is 0 Å². The van der Waals surface area contributed by atoms with E-state index in [-0.39, 0.29) is 17.7 Å².